The van der Waals surface area contributed by atoms with Gasteiger partial charge in [-0.2, -0.15) is 0 Å². The molecule has 0 atom stereocenters. The summed E-state index contributed by atoms with van der Waals surface area (Å²) in [6, 6.07) is 2.82. The Morgan fingerprint density at radius 1 is 1.53 bits per heavy atom. The zero-order valence-electron chi connectivity index (χ0n) is 7.74. The van der Waals surface area contributed by atoms with Crippen molar-refractivity contribution in [2.45, 2.75) is 0 Å². The number of nitrogens with zero attached hydrogens (tertiary/aromatic N) is 1. The van der Waals surface area contributed by atoms with Crippen LogP contribution in [0.4, 0.5) is 0 Å². The third-order valence-corrected chi connectivity index (χ3v) is 2.54. The number of H-pyrrole nitrogens is 1. The zero-order chi connectivity index (χ0) is 11.2. The van der Waals surface area contributed by atoms with Crippen LogP contribution in [0.2, 0.25) is 5.02 Å². The van der Waals surface area contributed by atoms with E-state index >= 15 is 0 Å². The normalized spacial score (nSPS) is 10.8. The van der Waals surface area contributed by atoms with Gasteiger partial charge in [0.1, 0.15) is 0 Å². The summed E-state index contributed by atoms with van der Waals surface area (Å²) >= 11 is 5.84. The molecule has 0 aliphatic heterocycles. The van der Waals surface area contributed by atoms with Gasteiger partial charge in [-0.15, -0.1) is 0 Å². The summed E-state index contributed by atoms with van der Waals surface area (Å²) in [5.74, 6) is -1.09. The highest BCUT2D eigenvalue weighted by Crippen LogP contribution is 2.23. The smallest absolute Gasteiger partial charge is 0.337 e. The Hall–Kier alpha value is -1.75. The first-order chi connectivity index (χ1) is 7.02. The number of aryl methyl sites for hydroxylation is 1. The van der Waals surface area contributed by atoms with Gasteiger partial charge < -0.3 is 10.1 Å². The molecule has 0 fully saturated rings. The molecule has 1 aromatic carbocycles. The van der Waals surface area contributed by atoms with Gasteiger partial charge in [-0.3, -0.25) is 4.57 Å². The molecule has 1 heterocycles. The van der Waals surface area contributed by atoms with Crippen LogP contribution < -0.4 is 5.69 Å². The highest BCUT2D eigenvalue weighted by Gasteiger charge is 2.15. The molecule has 0 saturated carbocycles. The van der Waals surface area contributed by atoms with Crippen molar-refractivity contribution in [1.29, 1.82) is 0 Å². The molecule has 6 heteroatoms. The topological polar surface area (TPSA) is 75.1 Å². The minimum atomic E-state index is -1.09. The first-order valence-corrected chi connectivity index (χ1v) is 4.50. The van der Waals surface area contributed by atoms with E-state index < -0.39 is 5.97 Å². The zero-order valence-corrected chi connectivity index (χ0v) is 8.50. The molecular formula is C9H7ClN2O3. The van der Waals surface area contributed by atoms with Crippen LogP contribution >= 0.6 is 11.6 Å². The van der Waals surface area contributed by atoms with Crippen LogP contribution in [0.5, 0.6) is 0 Å². The molecule has 0 aliphatic rings. The lowest BCUT2D eigenvalue weighted by Crippen LogP contribution is -2.13. The van der Waals surface area contributed by atoms with Crippen LogP contribution in [0.1, 0.15) is 10.4 Å². The minimum Gasteiger partial charge on any atom is -0.478 e. The van der Waals surface area contributed by atoms with Crippen molar-refractivity contribution < 1.29 is 9.90 Å². The van der Waals surface area contributed by atoms with Gasteiger partial charge in [-0.05, 0) is 12.1 Å². The second-order valence-electron chi connectivity index (χ2n) is 3.11. The molecule has 5 nitrogen and oxygen atoms in total. The Bertz CT molecular complexity index is 612. The Balaban J connectivity index is 3.03. The minimum absolute atomic E-state index is 0.0512. The predicted octanol–water partition coefficient (Wildman–Crippen LogP) is 1.22. The van der Waals surface area contributed by atoms with Gasteiger partial charge in [0.15, 0.2) is 0 Å². The standard InChI is InChI=1S/C9H7ClN2O3/c1-12-7-4(8(13)14)2-3-5(10)6(7)11-9(12)15/h2-3H,1H3,(H,11,15)(H,13,14). The Morgan fingerprint density at radius 2 is 2.20 bits per heavy atom. The van der Waals surface area contributed by atoms with Crippen LogP contribution in [-0.4, -0.2) is 20.6 Å². The molecular weight excluding hydrogens is 220 g/mol. The predicted molar refractivity (Wildman–Crippen MR) is 55.5 cm³/mol. The van der Waals surface area contributed by atoms with Crippen LogP contribution in [-0.2, 0) is 7.05 Å². The number of aromatic amines is 1. The van der Waals surface area contributed by atoms with E-state index in [0.29, 0.717) is 16.1 Å². The third-order valence-electron chi connectivity index (χ3n) is 2.23. The molecule has 78 valence electrons. The van der Waals surface area contributed by atoms with Crippen LogP contribution in [0.15, 0.2) is 16.9 Å². The van der Waals surface area contributed by atoms with Gasteiger partial charge in [-0.25, -0.2) is 9.59 Å². The maximum atomic E-state index is 11.3. The summed E-state index contributed by atoms with van der Waals surface area (Å²) in [7, 11) is 1.49. The Labute approximate surface area is 88.9 Å². The number of aromatic carboxylic acids is 1. The Morgan fingerprint density at radius 3 is 2.80 bits per heavy atom. The fourth-order valence-corrected chi connectivity index (χ4v) is 1.70. The Kier molecular flexibility index (Phi) is 2.04. The molecule has 15 heavy (non-hydrogen) atoms. The second-order valence-corrected chi connectivity index (χ2v) is 3.52. The van der Waals surface area contributed by atoms with Crippen molar-refractivity contribution in [3.63, 3.8) is 0 Å². The SMILES string of the molecule is Cn1c(=O)[nH]c2c(Cl)ccc(C(=O)O)c21. The van der Waals surface area contributed by atoms with Gasteiger partial charge in [0.05, 0.1) is 21.6 Å². The van der Waals surface area contributed by atoms with E-state index in [1.807, 2.05) is 0 Å². The number of carboxylic acid groups (broad SMARTS) is 1. The highest BCUT2D eigenvalue weighted by molar-refractivity contribution is 6.35. The van der Waals surface area contributed by atoms with Gasteiger partial charge in [0.2, 0.25) is 0 Å². The van der Waals surface area contributed by atoms with Crippen molar-refractivity contribution in [3.05, 3.63) is 33.2 Å². The van der Waals surface area contributed by atoms with E-state index in [0.717, 1.165) is 0 Å². The maximum absolute atomic E-state index is 11.3. The summed E-state index contributed by atoms with van der Waals surface area (Å²) in [4.78, 5) is 24.7. The largest absolute Gasteiger partial charge is 0.478 e. The van der Waals surface area contributed by atoms with E-state index in [-0.39, 0.29) is 11.3 Å². The lowest BCUT2D eigenvalue weighted by Gasteiger charge is -2.00. The molecule has 0 saturated heterocycles. The summed E-state index contributed by atoms with van der Waals surface area (Å²) < 4.78 is 1.23. The lowest BCUT2D eigenvalue weighted by molar-refractivity contribution is 0.0698. The molecule has 0 radical (unpaired) electrons. The number of hydrogen-bond acceptors (Lipinski definition) is 2. The van der Waals surface area contributed by atoms with Crippen molar-refractivity contribution in [2.75, 3.05) is 0 Å². The molecule has 2 N–H and O–H groups in total. The average Bonchev–Trinajstić information content (AvgIpc) is 2.46. The molecule has 0 unspecified atom stereocenters. The van der Waals surface area contributed by atoms with Crippen molar-refractivity contribution in [1.82, 2.24) is 9.55 Å². The molecule has 2 aromatic rings. The summed E-state index contributed by atoms with van der Waals surface area (Å²) in [6.45, 7) is 0. The number of fused-ring (bicyclic) bond motifs is 1. The quantitative estimate of drug-likeness (QED) is 0.768. The average molecular weight is 227 g/mol. The van der Waals surface area contributed by atoms with Gasteiger partial charge in [0, 0.05) is 7.05 Å². The molecule has 0 spiro atoms. The molecule has 0 aliphatic carbocycles. The number of rotatable bonds is 1. The van der Waals surface area contributed by atoms with E-state index in [2.05, 4.69) is 4.98 Å². The highest BCUT2D eigenvalue weighted by atomic mass is 35.5. The summed E-state index contributed by atoms with van der Waals surface area (Å²) in [5, 5.41) is 9.26. The van der Waals surface area contributed by atoms with E-state index in [1.54, 1.807) is 0 Å². The number of carboxylic acids is 1. The number of nitrogens with one attached hydrogen (secondary N) is 1. The number of hydrogen-bond donors (Lipinski definition) is 2. The monoisotopic (exact) mass is 226 g/mol. The van der Waals surface area contributed by atoms with E-state index in [4.69, 9.17) is 16.7 Å². The van der Waals surface area contributed by atoms with Crippen LogP contribution in [0.25, 0.3) is 11.0 Å². The van der Waals surface area contributed by atoms with Crippen molar-refractivity contribution in [3.8, 4) is 0 Å². The second kappa shape index (κ2) is 3.13. The van der Waals surface area contributed by atoms with Crippen LogP contribution in [0.3, 0.4) is 0 Å². The first kappa shape index (κ1) is 9.79. The number of halogens is 1. The fourth-order valence-electron chi connectivity index (χ4n) is 1.50. The molecule has 2 rings (SSSR count). The number of aromatic nitrogens is 2. The van der Waals surface area contributed by atoms with Gasteiger partial charge in [0.25, 0.3) is 0 Å². The van der Waals surface area contributed by atoms with Gasteiger partial charge in [-0.1, -0.05) is 11.6 Å². The number of imidazole rings is 1. The first-order valence-electron chi connectivity index (χ1n) is 4.13. The fraction of sp³-hybridized carbons (Fsp3) is 0.111. The van der Waals surface area contributed by atoms with Crippen molar-refractivity contribution in [2.24, 2.45) is 7.05 Å². The summed E-state index contributed by atoms with van der Waals surface area (Å²) in [5.41, 5.74) is 0.319. The van der Waals surface area contributed by atoms with Crippen molar-refractivity contribution >= 4 is 28.6 Å². The maximum Gasteiger partial charge on any atom is 0.337 e. The van der Waals surface area contributed by atoms with E-state index in [9.17, 15) is 9.59 Å². The number of carbonyl (C=O) groups is 1. The molecule has 0 amide bonds. The van der Waals surface area contributed by atoms with Gasteiger partial charge >= 0.3 is 11.7 Å². The number of benzene rings is 1. The molecule has 0 bridgehead atoms. The summed E-state index contributed by atoms with van der Waals surface area (Å²) in [6.07, 6.45) is 0. The van der Waals surface area contributed by atoms with E-state index in [1.165, 1.54) is 23.7 Å². The molecule has 1 aromatic heterocycles. The lowest BCUT2D eigenvalue weighted by atomic mass is 10.2. The van der Waals surface area contributed by atoms with Crippen LogP contribution in [0, 0.1) is 0 Å². The third kappa shape index (κ3) is 1.32.